The van der Waals surface area contributed by atoms with Crippen LogP contribution in [0.15, 0.2) is 84.9 Å². The fraction of sp³-hybridized carbons (Fsp3) is 0.440. The number of aliphatic hydroxyl groups is 1. The molecule has 1 aliphatic carbocycles. The normalized spacial score (nSPS) is 13.0. The second kappa shape index (κ2) is 23.7. The van der Waals surface area contributed by atoms with Crippen molar-refractivity contribution in [3.63, 3.8) is 0 Å². The van der Waals surface area contributed by atoms with E-state index in [0.717, 1.165) is 42.4 Å². The summed E-state index contributed by atoms with van der Waals surface area (Å²) in [4.78, 5) is 74.9. The lowest BCUT2D eigenvalue weighted by Crippen LogP contribution is -2.46. The van der Waals surface area contributed by atoms with E-state index in [1.807, 2.05) is 70.3 Å². The van der Waals surface area contributed by atoms with Gasteiger partial charge in [-0.05, 0) is 119 Å². The van der Waals surface area contributed by atoms with Gasteiger partial charge in [-0.3, -0.25) is 29.0 Å². The number of nitrogens with zero attached hydrogens (tertiary/aromatic N) is 4. The molecular formula is C50H66N8O8. The first kappa shape index (κ1) is 50.6. The fourth-order valence-electron chi connectivity index (χ4n) is 7.20. The molecule has 1 atom stereocenters. The summed E-state index contributed by atoms with van der Waals surface area (Å²) in [5.41, 5.74) is 9.04. The minimum absolute atomic E-state index is 0.00945. The molecule has 16 nitrogen and oxygen atoms in total. The van der Waals surface area contributed by atoms with Crippen molar-refractivity contribution in [3.05, 3.63) is 118 Å². The van der Waals surface area contributed by atoms with Crippen LogP contribution in [-0.4, -0.2) is 113 Å². The fourth-order valence-corrected chi connectivity index (χ4v) is 7.20. The predicted molar refractivity (Wildman–Crippen MR) is 254 cm³/mol. The molecule has 0 radical (unpaired) electrons. The van der Waals surface area contributed by atoms with Crippen molar-refractivity contribution < 1.29 is 38.6 Å². The topological polar surface area (TPSA) is 209 Å². The van der Waals surface area contributed by atoms with Gasteiger partial charge >= 0.3 is 6.09 Å². The summed E-state index contributed by atoms with van der Waals surface area (Å²) in [6.07, 6.45) is 3.65. The van der Waals surface area contributed by atoms with Crippen molar-refractivity contribution >= 4 is 41.1 Å². The van der Waals surface area contributed by atoms with Crippen LogP contribution in [0.2, 0.25) is 0 Å². The molecule has 3 aromatic carbocycles. The van der Waals surface area contributed by atoms with Crippen molar-refractivity contribution in [3.8, 4) is 5.88 Å². The average Bonchev–Trinajstić information content (AvgIpc) is 4.12. The van der Waals surface area contributed by atoms with Crippen LogP contribution in [0.5, 0.6) is 5.88 Å². The predicted octanol–water partition coefficient (Wildman–Crippen LogP) is 6.44. The van der Waals surface area contributed by atoms with Crippen LogP contribution in [0.3, 0.4) is 0 Å². The number of hydrogen-bond acceptors (Lipinski definition) is 11. The Morgan fingerprint density at radius 3 is 2.03 bits per heavy atom. The van der Waals surface area contributed by atoms with Crippen LogP contribution < -0.4 is 26.4 Å². The number of carbonyl (C=O) groups is 5. The molecular weight excluding hydrogens is 841 g/mol. The van der Waals surface area contributed by atoms with E-state index in [0.29, 0.717) is 67.9 Å². The van der Waals surface area contributed by atoms with Gasteiger partial charge in [0.25, 0.3) is 17.7 Å². The first-order valence-electron chi connectivity index (χ1n) is 22.6. The van der Waals surface area contributed by atoms with Crippen molar-refractivity contribution in [1.29, 1.82) is 0 Å². The first-order chi connectivity index (χ1) is 31.4. The Labute approximate surface area is 388 Å². The summed E-state index contributed by atoms with van der Waals surface area (Å²) in [5, 5.41) is 17.6. The molecule has 0 spiro atoms. The second-order valence-corrected chi connectivity index (χ2v) is 17.9. The number of nitrogens with one attached hydrogen (secondary N) is 3. The van der Waals surface area contributed by atoms with Crippen LogP contribution in [-0.2, 0) is 29.2 Å². The van der Waals surface area contributed by atoms with Gasteiger partial charge in [0.05, 0.1) is 18.9 Å². The third kappa shape index (κ3) is 15.7. The number of primary amides is 1. The van der Waals surface area contributed by atoms with Crippen molar-refractivity contribution in [2.45, 2.75) is 97.6 Å². The number of aromatic nitrogens is 1. The van der Waals surface area contributed by atoms with Crippen LogP contribution in [0.25, 0.3) is 0 Å². The molecule has 5 amide bonds. The van der Waals surface area contributed by atoms with Crippen LogP contribution in [0.1, 0.15) is 108 Å². The Bertz CT molecular complexity index is 2270. The van der Waals surface area contributed by atoms with Gasteiger partial charge in [0.1, 0.15) is 11.6 Å². The summed E-state index contributed by atoms with van der Waals surface area (Å²) >= 11 is 0. The van der Waals surface area contributed by atoms with E-state index in [1.54, 1.807) is 54.4 Å². The van der Waals surface area contributed by atoms with Gasteiger partial charge in [-0.1, -0.05) is 50.2 Å². The number of anilines is 2. The van der Waals surface area contributed by atoms with Gasteiger partial charge < -0.3 is 41.2 Å². The molecule has 5 rings (SSSR count). The largest absolute Gasteiger partial charge is 0.477 e. The highest BCUT2D eigenvalue weighted by atomic mass is 16.6. The molecule has 0 bridgehead atoms. The number of ether oxygens (including phenoxy) is 2. The van der Waals surface area contributed by atoms with Gasteiger partial charge in [0, 0.05) is 68.7 Å². The molecule has 6 N–H and O–H groups in total. The Morgan fingerprint density at radius 1 is 0.788 bits per heavy atom. The highest BCUT2D eigenvalue weighted by Crippen LogP contribution is 2.30. The zero-order valence-corrected chi connectivity index (χ0v) is 39.3. The van der Waals surface area contributed by atoms with E-state index in [-0.39, 0.29) is 23.5 Å². The van der Waals surface area contributed by atoms with Gasteiger partial charge in [0.2, 0.25) is 11.8 Å². The Kier molecular flexibility index (Phi) is 18.2. The molecule has 66 heavy (non-hydrogen) atoms. The molecule has 0 unspecified atom stereocenters. The number of carbonyl (C=O) groups excluding carboxylic acids is 5. The average molecular weight is 907 g/mol. The molecule has 16 heteroatoms. The Hall–Kier alpha value is -6.36. The summed E-state index contributed by atoms with van der Waals surface area (Å²) < 4.78 is 11.5. The standard InChI is InChI=1S/C50H66N8O8/c1-8-40(9-2)58(26-25-57(7)49(64)66-50(3,4)5)30-36-11-10-12-38(27-36)47(62)53-41-23-24-43(65-32-35-13-14-35)55-44(41)48(63)52-39-21-17-34(18-22-39)29-56(6)28-33-15-19-37(20-16-33)46(61)54-42(31-59)45(51)60/h10-12,15-24,27,35,40,42,59H,8-9,13-14,25-26,28-32H2,1-7H3,(H2,51,60)(H,52,63)(H,53,62)(H,54,61)/t42-/m0/s1. The van der Waals surface area contributed by atoms with Crippen molar-refractivity contribution in [1.82, 2.24) is 25.0 Å². The van der Waals surface area contributed by atoms with E-state index >= 15 is 0 Å². The lowest BCUT2D eigenvalue weighted by Gasteiger charge is -2.32. The van der Waals surface area contributed by atoms with Gasteiger partial charge in [-0.15, -0.1) is 0 Å². The smallest absolute Gasteiger partial charge is 0.410 e. The third-order valence-electron chi connectivity index (χ3n) is 11.1. The number of likely N-dealkylation sites (N-methyl/N-ethyl adjacent to an activating group) is 1. The van der Waals surface area contributed by atoms with E-state index in [2.05, 4.69) is 44.6 Å². The summed E-state index contributed by atoms with van der Waals surface area (Å²) in [7, 11) is 3.70. The number of pyridine rings is 1. The summed E-state index contributed by atoms with van der Waals surface area (Å²) in [6.45, 7) is 12.6. The molecule has 354 valence electrons. The molecule has 1 heterocycles. The van der Waals surface area contributed by atoms with E-state index in [9.17, 15) is 29.1 Å². The molecule has 4 aromatic rings. The molecule has 0 saturated heterocycles. The van der Waals surface area contributed by atoms with Gasteiger partial charge in [-0.2, -0.15) is 0 Å². The molecule has 0 aliphatic heterocycles. The van der Waals surface area contributed by atoms with E-state index in [4.69, 9.17) is 15.2 Å². The van der Waals surface area contributed by atoms with E-state index in [1.165, 1.54) is 0 Å². The SMILES string of the molecule is CCC(CC)N(CCN(C)C(=O)OC(C)(C)C)Cc1cccc(C(=O)Nc2ccc(OCC3CC3)nc2C(=O)Nc2ccc(CN(C)Cc3ccc(C(=O)N[C@@H](CO)C(N)=O)cc3)cc2)c1. The number of nitrogens with two attached hydrogens (primary N) is 1. The lowest BCUT2D eigenvalue weighted by molar-refractivity contribution is -0.120. The summed E-state index contributed by atoms with van der Waals surface area (Å²) in [5.74, 6) is -1.48. The zero-order valence-electron chi connectivity index (χ0n) is 39.3. The third-order valence-corrected chi connectivity index (χ3v) is 11.1. The monoisotopic (exact) mass is 907 g/mol. The molecule has 1 aromatic heterocycles. The quantitative estimate of drug-likeness (QED) is 0.0547. The van der Waals surface area contributed by atoms with Gasteiger partial charge in [0.15, 0.2) is 5.69 Å². The number of rotatable bonds is 23. The highest BCUT2D eigenvalue weighted by molar-refractivity contribution is 6.11. The molecule has 1 aliphatic rings. The number of benzene rings is 3. The zero-order chi connectivity index (χ0) is 48.0. The Morgan fingerprint density at radius 2 is 1.44 bits per heavy atom. The van der Waals surface area contributed by atoms with E-state index < -0.39 is 41.9 Å². The van der Waals surface area contributed by atoms with Gasteiger partial charge in [-0.25, -0.2) is 9.78 Å². The highest BCUT2D eigenvalue weighted by Gasteiger charge is 2.25. The van der Waals surface area contributed by atoms with Crippen LogP contribution in [0.4, 0.5) is 16.2 Å². The number of hydrogen-bond donors (Lipinski definition) is 5. The maximum atomic E-state index is 13.9. The second-order valence-electron chi connectivity index (χ2n) is 17.9. The Balaban J connectivity index is 1.23. The maximum absolute atomic E-state index is 13.9. The summed E-state index contributed by atoms with van der Waals surface area (Å²) in [6, 6.07) is 24.2. The minimum Gasteiger partial charge on any atom is -0.477 e. The minimum atomic E-state index is -1.16. The lowest BCUT2D eigenvalue weighted by atomic mass is 10.1. The first-order valence-corrected chi connectivity index (χ1v) is 22.6. The molecule has 1 saturated carbocycles. The number of aliphatic hydroxyl groups excluding tert-OH is 1. The van der Waals surface area contributed by atoms with Crippen molar-refractivity contribution in [2.75, 3.05) is 51.0 Å². The molecule has 1 fully saturated rings. The maximum Gasteiger partial charge on any atom is 0.410 e. The van der Waals surface area contributed by atoms with Crippen LogP contribution >= 0.6 is 0 Å². The van der Waals surface area contributed by atoms with Crippen LogP contribution in [0, 0.1) is 5.92 Å². The van der Waals surface area contributed by atoms with Crippen molar-refractivity contribution in [2.24, 2.45) is 11.7 Å². The number of amides is 5.